The maximum atomic E-state index is 13.3. The Balaban J connectivity index is 1.75. The molecular formula is C21H24FN5O5. The summed E-state index contributed by atoms with van der Waals surface area (Å²) in [4.78, 5) is 49.4. The minimum atomic E-state index is -1.01. The number of Topliss-reactive ketones (excluding diaryl/α,β-unsaturated/α-hetero) is 1. The Bertz CT molecular complexity index is 1030. The van der Waals surface area contributed by atoms with E-state index in [-0.39, 0.29) is 30.1 Å². The van der Waals surface area contributed by atoms with Crippen LogP contribution in [0.4, 0.5) is 9.18 Å². The van der Waals surface area contributed by atoms with Gasteiger partial charge in [0.2, 0.25) is 17.6 Å². The molecule has 1 aromatic heterocycles. The van der Waals surface area contributed by atoms with Gasteiger partial charge in [0.15, 0.2) is 0 Å². The molecule has 0 unspecified atom stereocenters. The second kappa shape index (κ2) is 8.85. The van der Waals surface area contributed by atoms with Crippen LogP contribution in [0.1, 0.15) is 49.8 Å². The Kier molecular flexibility index (Phi) is 6.37. The SMILES string of the molecule is CC(C)[C@H](NC(=O)CN1C(=O)CNC1=O)C(=O)c1nnc(C(C)(C)c2ccc(F)cc2)o1. The van der Waals surface area contributed by atoms with Crippen LogP contribution in [0.2, 0.25) is 0 Å². The number of hydrogen-bond donors (Lipinski definition) is 2. The number of ketones is 1. The predicted molar refractivity (Wildman–Crippen MR) is 109 cm³/mol. The highest BCUT2D eigenvalue weighted by Gasteiger charge is 2.35. The number of amides is 4. The van der Waals surface area contributed by atoms with Gasteiger partial charge < -0.3 is 15.1 Å². The second-order valence-electron chi connectivity index (χ2n) is 8.34. The summed E-state index contributed by atoms with van der Waals surface area (Å²) in [5, 5.41) is 12.7. The van der Waals surface area contributed by atoms with Gasteiger partial charge in [0, 0.05) is 0 Å². The molecule has 32 heavy (non-hydrogen) atoms. The Hall–Kier alpha value is -3.63. The van der Waals surface area contributed by atoms with Crippen molar-refractivity contribution < 1.29 is 28.0 Å². The highest BCUT2D eigenvalue weighted by molar-refractivity contribution is 6.05. The fraction of sp³-hybridized carbons (Fsp3) is 0.429. The molecule has 4 amide bonds. The van der Waals surface area contributed by atoms with Gasteiger partial charge in [-0.15, -0.1) is 10.2 Å². The number of imide groups is 1. The highest BCUT2D eigenvalue weighted by atomic mass is 19.1. The summed E-state index contributed by atoms with van der Waals surface area (Å²) >= 11 is 0. The molecule has 1 saturated heterocycles. The Labute approximate surface area is 183 Å². The van der Waals surface area contributed by atoms with Gasteiger partial charge in [-0.3, -0.25) is 19.3 Å². The van der Waals surface area contributed by atoms with Gasteiger partial charge in [-0.2, -0.15) is 0 Å². The van der Waals surface area contributed by atoms with Gasteiger partial charge in [0.05, 0.1) is 18.0 Å². The van der Waals surface area contributed by atoms with Crippen LogP contribution in [0.5, 0.6) is 0 Å². The zero-order valence-corrected chi connectivity index (χ0v) is 18.1. The minimum Gasteiger partial charge on any atom is -0.417 e. The van der Waals surface area contributed by atoms with E-state index < -0.39 is 41.6 Å². The van der Waals surface area contributed by atoms with E-state index in [0.717, 1.165) is 4.90 Å². The molecule has 170 valence electrons. The van der Waals surface area contributed by atoms with Crippen molar-refractivity contribution in [2.24, 2.45) is 5.92 Å². The molecule has 0 radical (unpaired) electrons. The molecule has 1 aliphatic rings. The molecular weight excluding hydrogens is 421 g/mol. The lowest BCUT2D eigenvalue weighted by Gasteiger charge is -2.22. The first-order valence-electron chi connectivity index (χ1n) is 10.0. The van der Waals surface area contributed by atoms with Crippen LogP contribution in [0.15, 0.2) is 28.7 Å². The van der Waals surface area contributed by atoms with E-state index in [0.29, 0.717) is 5.56 Å². The number of rotatable bonds is 8. The maximum Gasteiger partial charge on any atom is 0.325 e. The Morgan fingerprint density at radius 3 is 2.44 bits per heavy atom. The van der Waals surface area contributed by atoms with Crippen LogP contribution in [-0.2, 0) is 15.0 Å². The molecule has 1 atom stereocenters. The first kappa shape index (κ1) is 23.0. The molecule has 1 aliphatic heterocycles. The third-order valence-electron chi connectivity index (χ3n) is 5.24. The van der Waals surface area contributed by atoms with Crippen LogP contribution in [0.25, 0.3) is 0 Å². The number of hydrogen-bond acceptors (Lipinski definition) is 7. The fourth-order valence-electron chi connectivity index (χ4n) is 3.21. The van der Waals surface area contributed by atoms with E-state index >= 15 is 0 Å². The summed E-state index contributed by atoms with van der Waals surface area (Å²) in [5.74, 6) is -2.65. The topological polar surface area (TPSA) is 134 Å². The maximum absolute atomic E-state index is 13.3. The summed E-state index contributed by atoms with van der Waals surface area (Å²) in [6.07, 6.45) is 0. The van der Waals surface area contributed by atoms with Gasteiger partial charge in [-0.1, -0.05) is 26.0 Å². The summed E-state index contributed by atoms with van der Waals surface area (Å²) in [7, 11) is 0. The van der Waals surface area contributed by atoms with Crippen molar-refractivity contribution in [3.63, 3.8) is 0 Å². The van der Waals surface area contributed by atoms with E-state index in [4.69, 9.17) is 4.42 Å². The van der Waals surface area contributed by atoms with E-state index in [2.05, 4.69) is 20.8 Å². The molecule has 10 nitrogen and oxygen atoms in total. The Morgan fingerprint density at radius 1 is 1.22 bits per heavy atom. The van der Waals surface area contributed by atoms with Crippen molar-refractivity contribution in [1.82, 2.24) is 25.7 Å². The smallest absolute Gasteiger partial charge is 0.325 e. The first-order chi connectivity index (χ1) is 15.0. The molecule has 0 spiro atoms. The van der Waals surface area contributed by atoms with Gasteiger partial charge in [-0.05, 0) is 37.5 Å². The molecule has 2 N–H and O–H groups in total. The molecule has 1 fully saturated rings. The number of halogens is 1. The average molecular weight is 445 g/mol. The monoisotopic (exact) mass is 445 g/mol. The number of carbonyl (C=O) groups excluding carboxylic acids is 4. The summed E-state index contributed by atoms with van der Waals surface area (Å²) in [6.45, 7) is 6.34. The quantitative estimate of drug-likeness (QED) is 0.463. The van der Waals surface area contributed by atoms with Gasteiger partial charge >= 0.3 is 6.03 Å². The lowest BCUT2D eigenvalue weighted by atomic mass is 9.84. The van der Waals surface area contributed by atoms with E-state index in [9.17, 15) is 23.6 Å². The molecule has 2 heterocycles. The van der Waals surface area contributed by atoms with Crippen LogP contribution in [0, 0.1) is 11.7 Å². The lowest BCUT2D eigenvalue weighted by Crippen LogP contribution is -2.49. The molecule has 3 rings (SSSR count). The number of aromatic nitrogens is 2. The summed E-state index contributed by atoms with van der Waals surface area (Å²) < 4.78 is 18.9. The number of nitrogens with one attached hydrogen (secondary N) is 2. The van der Waals surface area contributed by atoms with Gasteiger partial charge in [0.25, 0.3) is 11.8 Å². The highest BCUT2D eigenvalue weighted by Crippen LogP contribution is 2.30. The molecule has 1 aromatic carbocycles. The Morgan fingerprint density at radius 2 is 1.88 bits per heavy atom. The molecule has 2 aromatic rings. The van der Waals surface area contributed by atoms with Crippen molar-refractivity contribution in [3.05, 3.63) is 47.4 Å². The second-order valence-corrected chi connectivity index (χ2v) is 8.34. The molecule has 0 saturated carbocycles. The molecule has 11 heteroatoms. The largest absolute Gasteiger partial charge is 0.417 e. The zero-order valence-electron chi connectivity index (χ0n) is 18.1. The number of nitrogens with zero attached hydrogens (tertiary/aromatic N) is 3. The van der Waals surface area contributed by atoms with Crippen molar-refractivity contribution >= 4 is 23.6 Å². The van der Waals surface area contributed by atoms with Crippen molar-refractivity contribution in [1.29, 1.82) is 0 Å². The average Bonchev–Trinajstić information content (AvgIpc) is 3.35. The number of benzene rings is 1. The molecule has 0 aliphatic carbocycles. The van der Waals surface area contributed by atoms with E-state index in [1.165, 1.54) is 12.1 Å². The minimum absolute atomic E-state index is 0.153. The zero-order chi connectivity index (χ0) is 23.6. The van der Waals surface area contributed by atoms with Crippen LogP contribution >= 0.6 is 0 Å². The number of urea groups is 1. The van der Waals surface area contributed by atoms with Crippen molar-refractivity contribution in [2.45, 2.75) is 39.2 Å². The molecule has 0 bridgehead atoms. The van der Waals surface area contributed by atoms with Gasteiger partial charge in [0.1, 0.15) is 12.4 Å². The normalized spacial score (nSPS) is 15.1. The third kappa shape index (κ3) is 4.66. The summed E-state index contributed by atoms with van der Waals surface area (Å²) in [6, 6.07) is 4.14. The lowest BCUT2D eigenvalue weighted by molar-refractivity contribution is -0.130. The van der Waals surface area contributed by atoms with E-state index in [1.54, 1.807) is 39.8 Å². The first-order valence-corrected chi connectivity index (χ1v) is 10.0. The van der Waals surface area contributed by atoms with Crippen LogP contribution < -0.4 is 10.6 Å². The van der Waals surface area contributed by atoms with E-state index in [1.807, 2.05) is 0 Å². The van der Waals surface area contributed by atoms with Crippen molar-refractivity contribution in [2.75, 3.05) is 13.1 Å². The summed E-state index contributed by atoms with van der Waals surface area (Å²) in [5.41, 5.74) is -0.0805. The predicted octanol–water partition coefficient (Wildman–Crippen LogP) is 1.41. The van der Waals surface area contributed by atoms with Crippen LogP contribution in [0.3, 0.4) is 0 Å². The third-order valence-corrected chi connectivity index (χ3v) is 5.24. The fourth-order valence-corrected chi connectivity index (χ4v) is 3.21. The number of carbonyl (C=O) groups is 4. The van der Waals surface area contributed by atoms with Gasteiger partial charge in [-0.25, -0.2) is 9.18 Å². The van der Waals surface area contributed by atoms with Crippen molar-refractivity contribution in [3.8, 4) is 0 Å². The standard InChI is InChI=1S/C21H24FN5O5/c1-11(2)16(24-14(28)10-27-15(29)9-23-20(27)31)17(30)18-25-26-19(32-18)21(3,4)12-5-7-13(22)8-6-12/h5-8,11,16H,9-10H2,1-4H3,(H,23,31)(H,24,28)/t16-/m0/s1. The van der Waals surface area contributed by atoms with Crippen LogP contribution in [-0.4, -0.2) is 57.9 Å².